The molecule has 1 aromatic carbocycles. The van der Waals surface area contributed by atoms with Crippen LogP contribution in [0.4, 0.5) is 8.78 Å². The first-order valence-electron chi connectivity index (χ1n) is 7.81. The van der Waals surface area contributed by atoms with Crippen molar-refractivity contribution < 1.29 is 13.6 Å². The van der Waals surface area contributed by atoms with Crippen LogP contribution >= 0.6 is 0 Å². The average Bonchev–Trinajstić information content (AvgIpc) is 2.35. The van der Waals surface area contributed by atoms with Crippen LogP contribution in [0.5, 0.6) is 0 Å². The molecule has 0 spiro atoms. The molecule has 1 aromatic rings. The molecule has 0 aliphatic heterocycles. The maximum Gasteiger partial charge on any atom is 0.254 e. The average molecular weight is 291 g/mol. The number of nitrogens with one attached hydrogen (secondary N) is 1. The van der Waals surface area contributed by atoms with Gasteiger partial charge in [0.1, 0.15) is 11.6 Å². The summed E-state index contributed by atoms with van der Waals surface area (Å²) in [7, 11) is 0. The number of carbonyl (C=O) groups excluding carboxylic acids is 1. The topological polar surface area (TPSA) is 29.1 Å². The van der Waals surface area contributed by atoms with Gasteiger partial charge in [-0.2, -0.15) is 0 Å². The normalized spacial score (nSPS) is 36.8. The Morgan fingerprint density at radius 2 is 1.62 bits per heavy atom. The Hall–Kier alpha value is -1.45. The molecule has 4 aliphatic rings. The van der Waals surface area contributed by atoms with Crippen LogP contribution in [-0.2, 0) is 0 Å². The second-order valence-electron chi connectivity index (χ2n) is 7.28. The molecular weight excluding hydrogens is 272 g/mol. The zero-order chi connectivity index (χ0) is 14.6. The molecule has 5 rings (SSSR count). The molecule has 21 heavy (non-hydrogen) atoms. The summed E-state index contributed by atoms with van der Waals surface area (Å²) in [6, 6.07) is 3.15. The van der Waals surface area contributed by atoms with Gasteiger partial charge in [0.25, 0.3) is 5.91 Å². The zero-order valence-corrected chi connectivity index (χ0v) is 11.9. The van der Waals surface area contributed by atoms with Crippen molar-refractivity contribution in [3.8, 4) is 0 Å². The fourth-order valence-corrected chi connectivity index (χ4v) is 5.25. The van der Waals surface area contributed by atoms with Crippen LogP contribution < -0.4 is 5.32 Å². The van der Waals surface area contributed by atoms with Crippen molar-refractivity contribution >= 4 is 5.91 Å². The van der Waals surface area contributed by atoms with Gasteiger partial charge in [-0.25, -0.2) is 8.78 Å². The van der Waals surface area contributed by atoms with E-state index < -0.39 is 17.5 Å². The molecule has 0 aromatic heterocycles. The largest absolute Gasteiger partial charge is 0.346 e. The Morgan fingerprint density at radius 3 is 2.14 bits per heavy atom. The Bertz CT molecular complexity index is 563. The van der Waals surface area contributed by atoms with Gasteiger partial charge < -0.3 is 5.32 Å². The molecule has 1 amide bonds. The summed E-state index contributed by atoms with van der Waals surface area (Å²) in [5.41, 5.74) is -0.195. The number of amides is 1. The number of halogens is 2. The van der Waals surface area contributed by atoms with Gasteiger partial charge in [0.2, 0.25) is 0 Å². The highest BCUT2D eigenvalue weighted by Crippen LogP contribution is 2.55. The highest BCUT2D eigenvalue weighted by Gasteiger charge is 2.51. The summed E-state index contributed by atoms with van der Waals surface area (Å²) in [5.74, 6) is 0.323. The molecule has 4 heteroatoms. The monoisotopic (exact) mass is 291 g/mol. The van der Waals surface area contributed by atoms with Crippen molar-refractivity contribution in [3.05, 3.63) is 35.4 Å². The van der Waals surface area contributed by atoms with Crippen LogP contribution in [0, 0.1) is 29.4 Å². The molecular formula is C17H19F2NO. The molecule has 1 N–H and O–H groups in total. The smallest absolute Gasteiger partial charge is 0.254 e. The van der Waals surface area contributed by atoms with Crippen LogP contribution in [0.1, 0.15) is 48.9 Å². The van der Waals surface area contributed by atoms with Crippen molar-refractivity contribution in [2.24, 2.45) is 17.8 Å². The van der Waals surface area contributed by atoms with Crippen LogP contribution in [0.2, 0.25) is 0 Å². The summed E-state index contributed by atoms with van der Waals surface area (Å²) >= 11 is 0. The Balaban J connectivity index is 1.57. The van der Waals surface area contributed by atoms with E-state index in [9.17, 15) is 13.6 Å². The van der Waals surface area contributed by atoms with E-state index in [0.717, 1.165) is 49.1 Å². The molecule has 4 fully saturated rings. The summed E-state index contributed by atoms with van der Waals surface area (Å²) in [6.07, 6.45) is 6.94. The summed E-state index contributed by atoms with van der Waals surface area (Å²) in [4.78, 5) is 12.4. The van der Waals surface area contributed by atoms with Gasteiger partial charge in [-0.1, -0.05) is 0 Å². The fourth-order valence-electron chi connectivity index (χ4n) is 5.25. The van der Waals surface area contributed by atoms with Gasteiger partial charge in [-0.3, -0.25) is 4.79 Å². The van der Waals surface area contributed by atoms with Crippen LogP contribution in [-0.4, -0.2) is 11.4 Å². The van der Waals surface area contributed by atoms with Gasteiger partial charge in [0.15, 0.2) is 0 Å². The minimum atomic E-state index is -0.780. The van der Waals surface area contributed by atoms with Gasteiger partial charge >= 0.3 is 0 Å². The lowest BCUT2D eigenvalue weighted by molar-refractivity contribution is -0.0167. The van der Waals surface area contributed by atoms with E-state index in [1.165, 1.54) is 25.3 Å². The third-order valence-corrected chi connectivity index (χ3v) is 5.59. The van der Waals surface area contributed by atoms with Crippen LogP contribution in [0.3, 0.4) is 0 Å². The van der Waals surface area contributed by atoms with E-state index in [1.54, 1.807) is 0 Å². The van der Waals surface area contributed by atoms with E-state index >= 15 is 0 Å². The quantitative estimate of drug-likeness (QED) is 0.885. The maximum atomic E-state index is 13.8. The van der Waals surface area contributed by atoms with E-state index in [0.29, 0.717) is 0 Å². The fraction of sp³-hybridized carbons (Fsp3) is 0.588. The third-order valence-electron chi connectivity index (χ3n) is 5.59. The molecule has 0 atom stereocenters. The summed E-state index contributed by atoms with van der Waals surface area (Å²) < 4.78 is 26.7. The first kappa shape index (κ1) is 13.2. The van der Waals surface area contributed by atoms with Gasteiger partial charge in [-0.05, 0) is 68.4 Å². The molecule has 0 unspecified atom stereocenters. The predicted octanol–water partition coefficient (Wildman–Crippen LogP) is 3.66. The molecule has 0 radical (unpaired) electrons. The minimum absolute atomic E-state index is 0.0489. The minimum Gasteiger partial charge on any atom is -0.346 e. The van der Waals surface area contributed by atoms with Crippen molar-refractivity contribution in [1.29, 1.82) is 0 Å². The highest BCUT2D eigenvalue weighted by atomic mass is 19.1. The molecule has 2 nitrogen and oxygen atoms in total. The lowest BCUT2D eigenvalue weighted by atomic mass is 9.53. The number of hydrogen-bond donors (Lipinski definition) is 1. The first-order valence-corrected chi connectivity index (χ1v) is 7.81. The standard InChI is InChI=1S/C17H19F2NO/c18-13-1-2-14(15(19)6-13)16(21)20-17-7-10-3-11(8-17)5-12(4-10)9-17/h1-2,6,10-12H,3-5,7-9H2,(H,20,21). The second-order valence-corrected chi connectivity index (χ2v) is 7.28. The summed E-state index contributed by atoms with van der Waals surface area (Å²) in [5, 5.41) is 3.10. The molecule has 4 saturated carbocycles. The Labute approximate surface area is 122 Å². The zero-order valence-electron chi connectivity index (χ0n) is 11.9. The van der Waals surface area contributed by atoms with E-state index in [2.05, 4.69) is 5.32 Å². The van der Waals surface area contributed by atoms with Crippen molar-refractivity contribution in [2.75, 3.05) is 0 Å². The Morgan fingerprint density at radius 1 is 1.05 bits per heavy atom. The van der Waals surface area contributed by atoms with Crippen molar-refractivity contribution in [1.82, 2.24) is 5.32 Å². The molecule has 0 saturated heterocycles. The van der Waals surface area contributed by atoms with E-state index in [-0.39, 0.29) is 11.1 Å². The van der Waals surface area contributed by atoms with Gasteiger partial charge in [0.05, 0.1) is 5.56 Å². The van der Waals surface area contributed by atoms with E-state index in [4.69, 9.17) is 0 Å². The van der Waals surface area contributed by atoms with E-state index in [1.807, 2.05) is 0 Å². The molecule has 112 valence electrons. The lowest BCUT2D eigenvalue weighted by Gasteiger charge is -2.56. The number of rotatable bonds is 2. The number of hydrogen-bond acceptors (Lipinski definition) is 1. The number of benzene rings is 1. The SMILES string of the molecule is O=C(NC12CC3CC(CC(C3)C1)C2)c1ccc(F)cc1F. The second kappa shape index (κ2) is 4.52. The van der Waals surface area contributed by atoms with Gasteiger partial charge in [0, 0.05) is 11.6 Å². The molecule has 4 bridgehead atoms. The third kappa shape index (κ3) is 2.25. The molecule has 4 aliphatic carbocycles. The molecule has 0 heterocycles. The van der Waals surface area contributed by atoms with Crippen molar-refractivity contribution in [2.45, 2.75) is 44.1 Å². The van der Waals surface area contributed by atoms with Gasteiger partial charge in [-0.15, -0.1) is 0 Å². The van der Waals surface area contributed by atoms with Crippen LogP contribution in [0.15, 0.2) is 18.2 Å². The predicted molar refractivity (Wildman–Crippen MR) is 74.7 cm³/mol. The first-order chi connectivity index (χ1) is 10.0. The highest BCUT2D eigenvalue weighted by molar-refractivity contribution is 5.95. The summed E-state index contributed by atoms with van der Waals surface area (Å²) in [6.45, 7) is 0. The maximum absolute atomic E-state index is 13.8. The Kier molecular flexibility index (Phi) is 2.85. The van der Waals surface area contributed by atoms with Crippen molar-refractivity contribution in [3.63, 3.8) is 0 Å². The number of carbonyl (C=O) groups is 1. The lowest BCUT2D eigenvalue weighted by Crippen LogP contribution is -2.59. The van der Waals surface area contributed by atoms with Crippen LogP contribution in [0.25, 0.3) is 0 Å².